The van der Waals surface area contributed by atoms with Crippen LogP contribution >= 0.6 is 0 Å². The zero-order valence-electron chi connectivity index (χ0n) is 8.03. The fourth-order valence-electron chi connectivity index (χ4n) is 1.35. The van der Waals surface area contributed by atoms with Gasteiger partial charge in [-0.25, -0.2) is 0 Å². The molecule has 1 aliphatic rings. The minimum Gasteiger partial charge on any atom is -0.399 e. The number of nitrogens with zero attached hydrogens (tertiary/aromatic N) is 1. The third-order valence-electron chi connectivity index (χ3n) is 1.85. The van der Waals surface area contributed by atoms with Gasteiger partial charge < -0.3 is 4.43 Å². The van der Waals surface area contributed by atoms with Crippen LogP contribution in [0.5, 0.6) is 0 Å². The lowest BCUT2D eigenvalue weighted by Crippen LogP contribution is -2.54. The summed E-state index contributed by atoms with van der Waals surface area (Å²) in [5, 5.41) is 0. The fraction of sp³-hybridized carbons (Fsp3) is 0.500. The summed E-state index contributed by atoms with van der Waals surface area (Å²) in [5.41, 5.74) is 0. The number of hydrogen-bond donors (Lipinski definition) is 0. The second kappa shape index (κ2) is 3.43. The molecular weight excluding hydrogens is 186 g/mol. The van der Waals surface area contributed by atoms with E-state index < -0.39 is 8.48 Å². The van der Waals surface area contributed by atoms with Crippen LogP contribution in [0.25, 0.3) is 0 Å². The SMILES string of the molecule is CCO[Si](C)(C)N1C(=O)C=CC1=O. The van der Waals surface area contributed by atoms with E-state index >= 15 is 0 Å². The van der Waals surface area contributed by atoms with Crippen LogP contribution in [0.1, 0.15) is 6.92 Å². The minimum atomic E-state index is -2.32. The molecule has 0 saturated carbocycles. The van der Waals surface area contributed by atoms with E-state index in [-0.39, 0.29) is 11.8 Å². The Morgan fingerprint density at radius 2 is 1.77 bits per heavy atom. The van der Waals surface area contributed by atoms with Gasteiger partial charge in [0.05, 0.1) is 0 Å². The van der Waals surface area contributed by atoms with Gasteiger partial charge >= 0.3 is 8.48 Å². The van der Waals surface area contributed by atoms with Gasteiger partial charge in [0.1, 0.15) is 0 Å². The highest BCUT2D eigenvalue weighted by atomic mass is 28.4. The second-order valence-electron chi connectivity index (χ2n) is 3.22. The predicted octanol–water partition coefficient (Wildman–Crippen LogP) is 0.650. The molecule has 0 unspecified atom stereocenters. The molecule has 0 radical (unpaired) electrons. The summed E-state index contributed by atoms with van der Waals surface area (Å²) in [6.45, 7) is 6.04. The van der Waals surface area contributed by atoms with Crippen LogP contribution < -0.4 is 0 Å². The average Bonchev–Trinajstić information content (AvgIpc) is 2.31. The second-order valence-corrected chi connectivity index (χ2v) is 6.85. The summed E-state index contributed by atoms with van der Waals surface area (Å²) in [6, 6.07) is 0. The van der Waals surface area contributed by atoms with Crippen LogP contribution in [0.4, 0.5) is 0 Å². The maximum atomic E-state index is 11.3. The van der Waals surface area contributed by atoms with Gasteiger partial charge in [-0.05, 0) is 20.0 Å². The van der Waals surface area contributed by atoms with Crippen LogP contribution in [-0.4, -0.2) is 31.5 Å². The van der Waals surface area contributed by atoms with Gasteiger partial charge in [0.15, 0.2) is 0 Å². The smallest absolute Gasteiger partial charge is 0.304 e. The highest BCUT2D eigenvalue weighted by Crippen LogP contribution is 2.16. The molecule has 13 heavy (non-hydrogen) atoms. The van der Waals surface area contributed by atoms with Crippen LogP contribution in [-0.2, 0) is 14.0 Å². The van der Waals surface area contributed by atoms with E-state index in [2.05, 4.69) is 0 Å². The molecule has 1 heterocycles. The van der Waals surface area contributed by atoms with E-state index in [1.54, 1.807) is 0 Å². The van der Waals surface area contributed by atoms with Crippen molar-refractivity contribution in [1.82, 2.24) is 4.57 Å². The first-order chi connectivity index (χ1) is 5.99. The maximum absolute atomic E-state index is 11.3. The van der Waals surface area contributed by atoms with E-state index in [0.717, 1.165) is 0 Å². The van der Waals surface area contributed by atoms with E-state index in [9.17, 15) is 9.59 Å². The molecule has 0 aromatic heterocycles. The van der Waals surface area contributed by atoms with Crippen molar-refractivity contribution in [1.29, 1.82) is 0 Å². The third-order valence-corrected chi connectivity index (χ3v) is 4.36. The maximum Gasteiger partial charge on any atom is 0.304 e. The van der Waals surface area contributed by atoms with Crippen molar-refractivity contribution < 1.29 is 14.0 Å². The molecule has 0 aliphatic carbocycles. The van der Waals surface area contributed by atoms with Crippen LogP contribution in [0.3, 0.4) is 0 Å². The summed E-state index contributed by atoms with van der Waals surface area (Å²) in [4.78, 5) is 22.6. The Labute approximate surface area is 78.4 Å². The Hall–Kier alpha value is -0.943. The van der Waals surface area contributed by atoms with Crippen molar-refractivity contribution in [2.24, 2.45) is 0 Å². The van der Waals surface area contributed by atoms with Crippen LogP contribution in [0.15, 0.2) is 12.2 Å². The Bertz CT molecular complexity index is 255. The normalized spacial score (nSPS) is 17.3. The van der Waals surface area contributed by atoms with Crippen molar-refractivity contribution in [2.45, 2.75) is 20.0 Å². The Kier molecular flexibility index (Phi) is 2.68. The van der Waals surface area contributed by atoms with Crippen LogP contribution in [0, 0.1) is 0 Å². The van der Waals surface area contributed by atoms with E-state index in [1.165, 1.54) is 16.7 Å². The van der Waals surface area contributed by atoms with Gasteiger partial charge in [-0.15, -0.1) is 0 Å². The predicted molar refractivity (Wildman–Crippen MR) is 50.1 cm³/mol. The molecule has 0 saturated heterocycles. The van der Waals surface area contributed by atoms with Crippen molar-refractivity contribution in [3.05, 3.63) is 12.2 Å². The molecule has 0 N–H and O–H groups in total. The summed E-state index contributed by atoms with van der Waals surface area (Å²) >= 11 is 0. The largest absolute Gasteiger partial charge is 0.399 e. The highest BCUT2D eigenvalue weighted by Gasteiger charge is 2.40. The quantitative estimate of drug-likeness (QED) is 0.495. The van der Waals surface area contributed by atoms with E-state index in [1.807, 2.05) is 20.0 Å². The lowest BCUT2D eigenvalue weighted by molar-refractivity contribution is -0.132. The minimum absolute atomic E-state index is 0.255. The van der Waals surface area contributed by atoms with Gasteiger partial charge in [0.25, 0.3) is 0 Å². The summed E-state index contributed by atoms with van der Waals surface area (Å²) in [6.07, 6.45) is 2.58. The topological polar surface area (TPSA) is 46.6 Å². The monoisotopic (exact) mass is 199 g/mol. The molecule has 0 fully saturated rings. The van der Waals surface area contributed by atoms with Gasteiger partial charge in [0.2, 0.25) is 11.8 Å². The molecule has 0 aromatic carbocycles. The standard InChI is InChI=1S/C8H13NO3Si/c1-4-12-13(2,3)9-7(10)5-6-8(9)11/h5-6H,4H2,1-3H3. The number of amides is 2. The summed E-state index contributed by atoms with van der Waals surface area (Å²) in [5.74, 6) is -0.509. The zero-order valence-corrected chi connectivity index (χ0v) is 9.03. The van der Waals surface area contributed by atoms with Gasteiger partial charge in [-0.1, -0.05) is 0 Å². The molecule has 1 rings (SSSR count). The van der Waals surface area contributed by atoms with E-state index in [4.69, 9.17) is 4.43 Å². The molecule has 0 aromatic rings. The number of carbonyl (C=O) groups is 2. The van der Waals surface area contributed by atoms with Crippen molar-refractivity contribution in [3.8, 4) is 0 Å². The first-order valence-corrected chi connectivity index (χ1v) is 7.05. The van der Waals surface area contributed by atoms with Crippen molar-refractivity contribution >= 4 is 20.3 Å². The molecular formula is C8H13NO3Si. The van der Waals surface area contributed by atoms with Crippen LogP contribution in [0.2, 0.25) is 13.1 Å². The van der Waals surface area contributed by atoms with Gasteiger partial charge in [-0.3, -0.25) is 14.2 Å². The molecule has 0 atom stereocenters. The lowest BCUT2D eigenvalue weighted by atomic mass is 10.6. The number of carbonyl (C=O) groups excluding carboxylic acids is 2. The molecule has 5 heteroatoms. The first kappa shape index (κ1) is 10.1. The fourth-order valence-corrected chi connectivity index (χ4v) is 3.39. The number of imide groups is 1. The molecule has 0 spiro atoms. The average molecular weight is 199 g/mol. The van der Waals surface area contributed by atoms with Crippen molar-refractivity contribution in [2.75, 3.05) is 6.61 Å². The Morgan fingerprint density at radius 1 is 1.31 bits per heavy atom. The molecule has 2 amide bonds. The molecule has 4 nitrogen and oxygen atoms in total. The first-order valence-electron chi connectivity index (χ1n) is 4.19. The molecule has 1 aliphatic heterocycles. The highest BCUT2D eigenvalue weighted by molar-refractivity contribution is 6.74. The number of hydrogen-bond acceptors (Lipinski definition) is 3. The Morgan fingerprint density at radius 3 is 2.15 bits per heavy atom. The van der Waals surface area contributed by atoms with Gasteiger partial charge in [0, 0.05) is 18.8 Å². The summed E-state index contributed by atoms with van der Waals surface area (Å²) < 4.78 is 6.68. The lowest BCUT2D eigenvalue weighted by Gasteiger charge is -2.30. The van der Waals surface area contributed by atoms with E-state index in [0.29, 0.717) is 6.61 Å². The third kappa shape index (κ3) is 1.86. The summed E-state index contributed by atoms with van der Waals surface area (Å²) in [7, 11) is -2.32. The molecule has 0 bridgehead atoms. The Balaban J connectivity index is 2.82. The van der Waals surface area contributed by atoms with Gasteiger partial charge in [-0.2, -0.15) is 0 Å². The molecule has 72 valence electrons. The van der Waals surface area contributed by atoms with Crippen molar-refractivity contribution in [3.63, 3.8) is 0 Å². The zero-order chi connectivity index (χ0) is 10.1. The number of rotatable bonds is 3.